The van der Waals surface area contributed by atoms with Gasteiger partial charge in [-0.05, 0) is 72.8 Å². The lowest BCUT2D eigenvalue weighted by Gasteiger charge is -1.96. The Bertz CT molecular complexity index is 1750. The average molecular weight is 547 g/mol. The van der Waals surface area contributed by atoms with Gasteiger partial charge in [-0.2, -0.15) is 0 Å². The number of carbonyl (C=O) groups excluding carboxylic acids is 1. The number of carboxylic acids is 1. The van der Waals surface area contributed by atoms with E-state index in [1.54, 1.807) is 63.8 Å². The third-order valence-corrected chi connectivity index (χ3v) is 5.72. The molecule has 0 aliphatic carbocycles. The van der Waals surface area contributed by atoms with E-state index in [1.165, 1.54) is 6.07 Å². The summed E-state index contributed by atoms with van der Waals surface area (Å²) in [7, 11) is 4.77. The molecule has 6 rings (SSSR count). The molecule has 3 aromatic carbocycles. The zero-order chi connectivity index (χ0) is 28.6. The number of carboxylic acid groups (broad SMARTS) is 1. The molecule has 0 saturated heterocycles. The van der Waals surface area contributed by atoms with Gasteiger partial charge in [0.15, 0.2) is 12.0 Å². The topological polar surface area (TPSA) is 142 Å². The molecule has 206 valence electrons. The van der Waals surface area contributed by atoms with Crippen molar-refractivity contribution in [1.82, 2.24) is 0 Å². The minimum absolute atomic E-state index is 0.0618. The third kappa shape index (κ3) is 6.43. The smallest absolute Gasteiger partial charge is 0.371 e. The van der Waals surface area contributed by atoms with Crippen LogP contribution in [0.5, 0.6) is 17.2 Å². The lowest BCUT2D eigenvalue weighted by molar-refractivity contribution is 0.0665. The molecule has 0 radical (unpaired) electrons. The maximum absolute atomic E-state index is 10.6. The lowest BCUT2D eigenvalue weighted by Crippen LogP contribution is -1.91. The van der Waals surface area contributed by atoms with Crippen LogP contribution in [0.1, 0.15) is 26.9 Å². The fourth-order valence-corrected chi connectivity index (χ4v) is 3.76. The lowest BCUT2D eigenvalue weighted by atomic mass is 10.2. The van der Waals surface area contributed by atoms with Crippen molar-refractivity contribution in [2.24, 2.45) is 0 Å². The number of hydrogen-bond donors (Lipinski definition) is 2. The fourth-order valence-electron chi connectivity index (χ4n) is 3.76. The van der Waals surface area contributed by atoms with Gasteiger partial charge in [-0.3, -0.25) is 4.79 Å². The second-order valence-electron chi connectivity index (χ2n) is 8.26. The van der Waals surface area contributed by atoms with Crippen molar-refractivity contribution in [3.05, 3.63) is 90.1 Å². The second-order valence-corrected chi connectivity index (χ2v) is 8.26. The molecule has 0 amide bonds. The highest BCUT2D eigenvalue weighted by Crippen LogP contribution is 2.25. The summed E-state index contributed by atoms with van der Waals surface area (Å²) in [5, 5.41) is 20.1. The molecule has 3 heterocycles. The number of carbonyl (C=O) groups is 2. The van der Waals surface area contributed by atoms with E-state index in [1.807, 2.05) is 24.3 Å². The van der Waals surface area contributed by atoms with Gasteiger partial charge in [0.1, 0.15) is 46.4 Å². The van der Waals surface area contributed by atoms with Gasteiger partial charge in [0.05, 0.1) is 21.3 Å². The number of benzene rings is 3. The van der Waals surface area contributed by atoms with Crippen molar-refractivity contribution in [2.45, 2.75) is 6.61 Å². The fraction of sp³-hybridized carbons (Fsp3) is 0.133. The molecule has 0 spiro atoms. The first-order valence-corrected chi connectivity index (χ1v) is 11.9. The Kier molecular flexibility index (Phi) is 8.72. The van der Waals surface area contributed by atoms with E-state index in [9.17, 15) is 9.59 Å². The maximum atomic E-state index is 10.6. The number of aromatic carboxylic acids is 1. The van der Waals surface area contributed by atoms with Crippen LogP contribution in [0.2, 0.25) is 0 Å². The van der Waals surface area contributed by atoms with Crippen LogP contribution < -0.4 is 14.2 Å². The van der Waals surface area contributed by atoms with E-state index in [0.29, 0.717) is 34.7 Å². The number of methoxy groups -OCH3 is 3. The minimum Gasteiger partial charge on any atom is -0.497 e. The molecular weight excluding hydrogens is 520 g/mol. The van der Waals surface area contributed by atoms with Crippen molar-refractivity contribution in [3.8, 4) is 17.2 Å². The van der Waals surface area contributed by atoms with Crippen molar-refractivity contribution >= 4 is 45.2 Å². The number of furan rings is 3. The van der Waals surface area contributed by atoms with Crippen LogP contribution in [-0.2, 0) is 6.61 Å². The molecule has 0 fully saturated rings. The summed E-state index contributed by atoms with van der Waals surface area (Å²) in [6, 6.07) is 21.0. The highest BCUT2D eigenvalue weighted by molar-refractivity contribution is 5.91. The van der Waals surface area contributed by atoms with Crippen molar-refractivity contribution in [3.63, 3.8) is 0 Å². The van der Waals surface area contributed by atoms with Crippen LogP contribution in [0.15, 0.2) is 86.0 Å². The molecule has 40 heavy (non-hydrogen) atoms. The molecule has 0 bridgehead atoms. The summed E-state index contributed by atoms with van der Waals surface area (Å²) in [6.07, 6.45) is 0.687. The highest BCUT2D eigenvalue weighted by Gasteiger charge is 2.10. The first-order chi connectivity index (χ1) is 19.4. The Labute approximate surface area is 227 Å². The predicted molar refractivity (Wildman–Crippen MR) is 147 cm³/mol. The summed E-state index contributed by atoms with van der Waals surface area (Å²) in [4.78, 5) is 21.0. The molecule has 6 aromatic rings. The molecule has 10 nitrogen and oxygen atoms in total. The summed E-state index contributed by atoms with van der Waals surface area (Å²) < 4.78 is 30.7. The molecule has 0 unspecified atom stereocenters. The highest BCUT2D eigenvalue weighted by atomic mass is 16.5. The number of fused-ring (bicyclic) bond motifs is 3. The number of ether oxygens (including phenoxy) is 3. The zero-order valence-electron chi connectivity index (χ0n) is 21.9. The molecule has 2 N–H and O–H groups in total. The van der Waals surface area contributed by atoms with E-state index < -0.39 is 5.97 Å². The van der Waals surface area contributed by atoms with Gasteiger partial charge in [0.25, 0.3) is 0 Å². The van der Waals surface area contributed by atoms with Crippen molar-refractivity contribution in [2.75, 3.05) is 21.3 Å². The first kappa shape index (κ1) is 27.8. The Morgan fingerprint density at radius 1 is 0.700 bits per heavy atom. The SMILES string of the molecule is COc1ccc2oc(C(=O)O)cc2c1.COc1ccc2oc(C=O)cc2c1.COc1ccc2oc(CO)cc2c1. The third-order valence-electron chi connectivity index (χ3n) is 5.72. The van der Waals surface area contributed by atoms with Crippen LogP contribution in [0.25, 0.3) is 32.9 Å². The number of aldehydes is 1. The molecular formula is C30H26O10. The average Bonchev–Trinajstić information content (AvgIpc) is 3.72. The summed E-state index contributed by atoms with van der Waals surface area (Å²) in [5.41, 5.74) is 2.01. The van der Waals surface area contributed by atoms with E-state index in [0.717, 1.165) is 33.2 Å². The molecule has 0 saturated carbocycles. The van der Waals surface area contributed by atoms with Gasteiger partial charge in [-0.1, -0.05) is 0 Å². The maximum Gasteiger partial charge on any atom is 0.371 e. The van der Waals surface area contributed by atoms with E-state index in [-0.39, 0.29) is 12.4 Å². The van der Waals surface area contributed by atoms with Crippen molar-refractivity contribution < 1.29 is 47.3 Å². The summed E-state index contributed by atoms with van der Waals surface area (Å²) >= 11 is 0. The monoisotopic (exact) mass is 546 g/mol. The number of rotatable bonds is 6. The molecule has 0 aliphatic rings. The Morgan fingerprint density at radius 2 is 1.18 bits per heavy atom. The van der Waals surface area contributed by atoms with Crippen LogP contribution in [0.3, 0.4) is 0 Å². The van der Waals surface area contributed by atoms with E-state index in [2.05, 4.69) is 0 Å². The van der Waals surface area contributed by atoms with E-state index >= 15 is 0 Å². The van der Waals surface area contributed by atoms with Crippen molar-refractivity contribution in [1.29, 1.82) is 0 Å². The predicted octanol–water partition coefficient (Wildman–Crippen LogP) is 6.33. The number of aliphatic hydroxyl groups is 1. The molecule has 0 aliphatic heterocycles. The quantitative estimate of drug-likeness (QED) is 0.228. The normalized spacial score (nSPS) is 10.4. The summed E-state index contributed by atoms with van der Waals surface area (Å²) in [5.74, 6) is 2.00. The first-order valence-electron chi connectivity index (χ1n) is 11.9. The minimum atomic E-state index is -1.07. The van der Waals surface area contributed by atoms with Gasteiger partial charge < -0.3 is 37.7 Å². The molecule has 0 atom stereocenters. The van der Waals surface area contributed by atoms with Gasteiger partial charge in [-0.15, -0.1) is 0 Å². The number of aliphatic hydroxyl groups excluding tert-OH is 1. The van der Waals surface area contributed by atoms with Crippen LogP contribution in [-0.4, -0.2) is 43.8 Å². The zero-order valence-corrected chi connectivity index (χ0v) is 21.9. The van der Waals surface area contributed by atoms with Gasteiger partial charge in [-0.25, -0.2) is 4.79 Å². The largest absolute Gasteiger partial charge is 0.497 e. The van der Waals surface area contributed by atoms with E-state index in [4.69, 9.17) is 37.7 Å². The van der Waals surface area contributed by atoms with Gasteiger partial charge in [0, 0.05) is 16.2 Å². The Morgan fingerprint density at radius 3 is 1.65 bits per heavy atom. The van der Waals surface area contributed by atoms with Crippen LogP contribution in [0, 0.1) is 0 Å². The second kappa shape index (κ2) is 12.5. The van der Waals surface area contributed by atoms with Gasteiger partial charge >= 0.3 is 5.97 Å². The van der Waals surface area contributed by atoms with Crippen LogP contribution in [0.4, 0.5) is 0 Å². The van der Waals surface area contributed by atoms with Gasteiger partial charge in [0.2, 0.25) is 5.76 Å². The number of hydrogen-bond acceptors (Lipinski definition) is 9. The van der Waals surface area contributed by atoms with Crippen LogP contribution >= 0.6 is 0 Å². The molecule has 10 heteroatoms. The molecule has 3 aromatic heterocycles. The summed E-state index contributed by atoms with van der Waals surface area (Å²) in [6.45, 7) is -0.0724. The Hall–Kier alpha value is -5.22. The standard InChI is InChI=1S/C10H8O4.C10H10O3.C10H8O3/c1-13-7-2-3-8-6(4-7)5-9(14-8)10(11)12;2*1-12-8-2-3-10-7(4-8)5-9(6-11)13-10/h2-5H,1H3,(H,11,12);2-5,11H,6H2,1H3;2-6H,1H3. The Balaban J connectivity index is 0.000000139.